The molecule has 1 amide bonds. The minimum Gasteiger partial charge on any atom is -0.486 e. The third-order valence-corrected chi connectivity index (χ3v) is 4.74. The summed E-state index contributed by atoms with van der Waals surface area (Å²) >= 11 is 0. The van der Waals surface area contributed by atoms with Gasteiger partial charge in [-0.05, 0) is 42.4 Å². The van der Waals surface area contributed by atoms with Crippen molar-refractivity contribution < 1.29 is 19.0 Å². The molecule has 1 saturated heterocycles. The summed E-state index contributed by atoms with van der Waals surface area (Å²) < 4.78 is 16.9. The van der Waals surface area contributed by atoms with Gasteiger partial charge in [0.15, 0.2) is 11.5 Å². The molecule has 2 aliphatic rings. The third-order valence-electron chi connectivity index (χ3n) is 4.74. The van der Waals surface area contributed by atoms with Crippen molar-refractivity contribution in [3.63, 3.8) is 0 Å². The number of hydrogen-bond donors (Lipinski definition) is 1. The van der Waals surface area contributed by atoms with Crippen LogP contribution in [0, 0.1) is 11.8 Å². The van der Waals surface area contributed by atoms with Gasteiger partial charge >= 0.3 is 0 Å². The molecule has 5 heteroatoms. The van der Waals surface area contributed by atoms with Crippen LogP contribution in [-0.2, 0) is 16.1 Å². The van der Waals surface area contributed by atoms with Gasteiger partial charge < -0.3 is 19.5 Å². The highest BCUT2D eigenvalue weighted by Gasteiger charge is 2.26. The average molecular weight is 333 g/mol. The molecule has 1 aromatic carbocycles. The molecule has 2 aliphatic heterocycles. The van der Waals surface area contributed by atoms with E-state index in [-0.39, 0.29) is 12.0 Å². The number of nitrogens with one attached hydrogen (secondary N) is 1. The fraction of sp³-hybridized carbons (Fsp3) is 0.632. The summed E-state index contributed by atoms with van der Waals surface area (Å²) in [6.45, 7) is 6.80. The van der Waals surface area contributed by atoms with Crippen molar-refractivity contribution in [3.8, 4) is 11.5 Å². The Hall–Kier alpha value is -1.75. The molecular formula is C19H27NO4. The standard InChI is InChI=1S/C19H27NO4/c1-13(2)17-9-14(5-6-22-17)11-19(21)20-12-15-3-4-16-18(10-15)24-8-7-23-16/h3-4,10,13-14,17H,5-9,11-12H2,1-2H3,(H,20,21)/t14-,17-/m0/s1. The summed E-state index contributed by atoms with van der Waals surface area (Å²) in [5, 5.41) is 3.02. The van der Waals surface area contributed by atoms with Gasteiger partial charge in [0.05, 0.1) is 6.10 Å². The summed E-state index contributed by atoms with van der Waals surface area (Å²) in [5.41, 5.74) is 1.03. The highest BCUT2D eigenvalue weighted by atomic mass is 16.6. The monoisotopic (exact) mass is 333 g/mol. The van der Waals surface area contributed by atoms with Crippen LogP contribution in [0.25, 0.3) is 0 Å². The van der Waals surface area contributed by atoms with Crippen molar-refractivity contribution in [2.45, 2.75) is 45.8 Å². The van der Waals surface area contributed by atoms with E-state index in [2.05, 4.69) is 19.2 Å². The summed E-state index contributed by atoms with van der Waals surface area (Å²) in [4.78, 5) is 12.2. The van der Waals surface area contributed by atoms with Gasteiger partial charge in [0.25, 0.3) is 0 Å². The summed E-state index contributed by atoms with van der Waals surface area (Å²) in [7, 11) is 0. The number of ether oxygens (including phenoxy) is 3. The van der Waals surface area contributed by atoms with Crippen molar-refractivity contribution in [3.05, 3.63) is 23.8 Å². The lowest BCUT2D eigenvalue weighted by molar-refractivity contribution is -0.123. The molecule has 1 N–H and O–H groups in total. The van der Waals surface area contributed by atoms with Gasteiger partial charge in [-0.3, -0.25) is 4.79 Å². The molecule has 5 nitrogen and oxygen atoms in total. The van der Waals surface area contributed by atoms with Gasteiger partial charge in [0.1, 0.15) is 13.2 Å². The van der Waals surface area contributed by atoms with Gasteiger partial charge in [-0.1, -0.05) is 19.9 Å². The van der Waals surface area contributed by atoms with Crippen LogP contribution in [0.4, 0.5) is 0 Å². The predicted molar refractivity (Wildman–Crippen MR) is 91.2 cm³/mol. The Bertz CT molecular complexity index is 572. The molecule has 132 valence electrons. The first-order chi connectivity index (χ1) is 11.6. The zero-order chi connectivity index (χ0) is 16.9. The Kier molecular flexibility index (Phi) is 5.61. The molecule has 24 heavy (non-hydrogen) atoms. The predicted octanol–water partition coefficient (Wildman–Crippen LogP) is 2.92. The first-order valence-corrected chi connectivity index (χ1v) is 8.88. The third kappa shape index (κ3) is 4.41. The SMILES string of the molecule is CC(C)[C@@H]1C[C@@H](CC(=O)NCc2ccc3c(c2)OCCO3)CCO1. The molecule has 0 unspecified atom stereocenters. The molecule has 0 spiro atoms. The van der Waals surface area contributed by atoms with Gasteiger partial charge in [0.2, 0.25) is 5.91 Å². The minimum absolute atomic E-state index is 0.110. The molecule has 2 atom stereocenters. The van der Waals surface area contributed by atoms with E-state index in [4.69, 9.17) is 14.2 Å². The first kappa shape index (κ1) is 17.1. The molecule has 2 heterocycles. The van der Waals surface area contributed by atoms with Crippen LogP contribution in [0.5, 0.6) is 11.5 Å². The molecule has 1 fully saturated rings. The molecule has 1 aromatic rings. The summed E-state index contributed by atoms with van der Waals surface area (Å²) in [5.74, 6) is 2.58. The lowest BCUT2D eigenvalue weighted by atomic mass is 9.88. The molecule has 3 rings (SSSR count). The molecule has 0 aromatic heterocycles. The van der Waals surface area contributed by atoms with Crippen molar-refractivity contribution in [2.24, 2.45) is 11.8 Å². The fourth-order valence-electron chi connectivity index (χ4n) is 3.28. The quantitative estimate of drug-likeness (QED) is 0.900. The Morgan fingerprint density at radius 2 is 2.00 bits per heavy atom. The minimum atomic E-state index is 0.110. The highest BCUT2D eigenvalue weighted by Crippen LogP contribution is 2.31. The van der Waals surface area contributed by atoms with Crippen molar-refractivity contribution in [2.75, 3.05) is 19.8 Å². The Morgan fingerprint density at radius 3 is 2.79 bits per heavy atom. The van der Waals surface area contributed by atoms with Crippen molar-refractivity contribution >= 4 is 5.91 Å². The number of carbonyl (C=O) groups excluding carboxylic acids is 1. The Balaban J connectivity index is 1.47. The van der Waals surface area contributed by atoms with E-state index in [1.165, 1.54) is 0 Å². The Labute approximate surface area is 143 Å². The zero-order valence-electron chi connectivity index (χ0n) is 14.5. The number of benzene rings is 1. The van der Waals surface area contributed by atoms with E-state index >= 15 is 0 Å². The van der Waals surface area contributed by atoms with Crippen LogP contribution in [0.15, 0.2) is 18.2 Å². The lowest BCUT2D eigenvalue weighted by Gasteiger charge is -2.31. The average Bonchev–Trinajstić information content (AvgIpc) is 2.60. The van der Waals surface area contributed by atoms with Gasteiger partial charge in [0, 0.05) is 19.6 Å². The van der Waals surface area contributed by atoms with E-state index < -0.39 is 0 Å². The molecule has 0 bridgehead atoms. The normalized spacial score (nSPS) is 23.1. The molecule has 0 radical (unpaired) electrons. The topological polar surface area (TPSA) is 56.8 Å². The zero-order valence-corrected chi connectivity index (χ0v) is 14.5. The van der Waals surface area contributed by atoms with Gasteiger partial charge in [-0.25, -0.2) is 0 Å². The van der Waals surface area contributed by atoms with Crippen LogP contribution >= 0.6 is 0 Å². The van der Waals surface area contributed by atoms with E-state index in [1.807, 2.05) is 18.2 Å². The van der Waals surface area contributed by atoms with Crippen molar-refractivity contribution in [1.29, 1.82) is 0 Å². The maximum absolute atomic E-state index is 12.2. The molecule has 0 aliphatic carbocycles. The number of amides is 1. The number of fused-ring (bicyclic) bond motifs is 1. The summed E-state index contributed by atoms with van der Waals surface area (Å²) in [6.07, 6.45) is 2.82. The lowest BCUT2D eigenvalue weighted by Crippen LogP contribution is -2.33. The van der Waals surface area contributed by atoms with E-state index in [0.717, 1.165) is 36.5 Å². The fourth-order valence-corrected chi connectivity index (χ4v) is 3.28. The molecular weight excluding hydrogens is 306 g/mol. The van der Waals surface area contributed by atoms with E-state index in [9.17, 15) is 4.79 Å². The number of carbonyl (C=O) groups is 1. The van der Waals surface area contributed by atoms with Crippen LogP contribution in [0.2, 0.25) is 0 Å². The largest absolute Gasteiger partial charge is 0.486 e. The van der Waals surface area contributed by atoms with Crippen LogP contribution in [0.1, 0.15) is 38.7 Å². The van der Waals surface area contributed by atoms with Gasteiger partial charge in [-0.15, -0.1) is 0 Å². The van der Waals surface area contributed by atoms with Crippen LogP contribution in [-0.4, -0.2) is 31.8 Å². The van der Waals surface area contributed by atoms with Crippen molar-refractivity contribution in [1.82, 2.24) is 5.32 Å². The number of hydrogen-bond acceptors (Lipinski definition) is 4. The maximum Gasteiger partial charge on any atom is 0.220 e. The second-order valence-corrected chi connectivity index (χ2v) is 7.00. The van der Waals surface area contributed by atoms with Crippen LogP contribution in [0.3, 0.4) is 0 Å². The first-order valence-electron chi connectivity index (χ1n) is 8.88. The van der Waals surface area contributed by atoms with E-state index in [0.29, 0.717) is 38.0 Å². The Morgan fingerprint density at radius 1 is 1.21 bits per heavy atom. The summed E-state index contributed by atoms with van der Waals surface area (Å²) in [6, 6.07) is 5.82. The smallest absolute Gasteiger partial charge is 0.220 e. The highest BCUT2D eigenvalue weighted by molar-refractivity contribution is 5.76. The molecule has 0 saturated carbocycles. The maximum atomic E-state index is 12.2. The number of rotatable bonds is 5. The van der Waals surface area contributed by atoms with Crippen LogP contribution < -0.4 is 14.8 Å². The second-order valence-electron chi connectivity index (χ2n) is 7.00. The second kappa shape index (κ2) is 7.88. The van der Waals surface area contributed by atoms with Gasteiger partial charge in [-0.2, -0.15) is 0 Å². The van der Waals surface area contributed by atoms with E-state index in [1.54, 1.807) is 0 Å².